The lowest BCUT2D eigenvalue weighted by Crippen LogP contribution is -2.50. The summed E-state index contributed by atoms with van der Waals surface area (Å²) in [5.74, 6) is -1.14. The molecule has 2 aliphatic rings. The van der Waals surface area contributed by atoms with Crippen LogP contribution in [0.15, 0.2) is 54.6 Å². The normalized spacial score (nSPS) is 19.5. The summed E-state index contributed by atoms with van der Waals surface area (Å²) in [6, 6.07) is 14.7. The molecule has 298 valence electrons. The van der Waals surface area contributed by atoms with Crippen LogP contribution >= 0.6 is 0 Å². The number of carbonyl (C=O) groups is 1. The molecule has 0 aliphatic carbocycles. The molecule has 2 fully saturated rings. The second kappa shape index (κ2) is 17.1. The summed E-state index contributed by atoms with van der Waals surface area (Å²) in [6.45, 7) is 5.83. The molecule has 2 atom stereocenters. The fourth-order valence-electron chi connectivity index (χ4n) is 7.79. The number of para-hydroxylation sites is 2. The highest BCUT2D eigenvalue weighted by Gasteiger charge is 2.53. The van der Waals surface area contributed by atoms with Crippen molar-refractivity contribution in [3.05, 3.63) is 77.4 Å². The molecule has 1 N–H and O–H groups in total. The predicted molar refractivity (Wildman–Crippen MR) is 203 cm³/mol. The molecular formula is C39H49F2N5O8S. The van der Waals surface area contributed by atoms with E-state index in [0.29, 0.717) is 38.3 Å². The molecule has 3 heterocycles. The van der Waals surface area contributed by atoms with Gasteiger partial charge in [-0.3, -0.25) is 4.79 Å². The second-order valence-corrected chi connectivity index (χ2v) is 15.5. The number of nitrogens with one attached hydrogen (secondary N) is 1. The van der Waals surface area contributed by atoms with Gasteiger partial charge >= 0.3 is 0 Å². The van der Waals surface area contributed by atoms with Gasteiger partial charge in [-0.25, -0.2) is 17.9 Å². The Labute approximate surface area is 320 Å². The van der Waals surface area contributed by atoms with E-state index in [4.69, 9.17) is 28.1 Å². The maximum atomic E-state index is 14.9. The average molecular weight is 786 g/mol. The topological polar surface area (TPSA) is 134 Å². The van der Waals surface area contributed by atoms with Gasteiger partial charge in [0.05, 0.1) is 45.2 Å². The standard InChI is InChI=1S/C39H49F2N5O8S/c1-6-53-22-21-45-32-10-8-7-9-31(32)43-38(45)42-28-13-17-44(18-14-28)19-15-39(27-11-12-29(40)30(41)25-27)16-20-46(37(39)54-55(5,48)49)36(47)26-23-33(50-2)35(52-4)34(24-26)51-3/h7-12,23-25,28,37H,6,13-22H2,1-5H3,(H,42,43). The van der Waals surface area contributed by atoms with E-state index < -0.39 is 39.3 Å². The van der Waals surface area contributed by atoms with E-state index in [1.165, 1.54) is 44.4 Å². The summed E-state index contributed by atoms with van der Waals surface area (Å²) in [5, 5.41) is 3.65. The summed E-state index contributed by atoms with van der Waals surface area (Å²) >= 11 is 0. The molecule has 55 heavy (non-hydrogen) atoms. The minimum atomic E-state index is -4.16. The van der Waals surface area contributed by atoms with Crippen molar-refractivity contribution in [2.75, 3.05) is 72.3 Å². The van der Waals surface area contributed by atoms with Gasteiger partial charge in [-0.15, -0.1) is 0 Å². The molecule has 3 aromatic carbocycles. The number of piperidine rings is 1. The number of amides is 1. The minimum absolute atomic E-state index is 0.0744. The molecule has 6 rings (SSSR count). The van der Waals surface area contributed by atoms with E-state index in [1.54, 1.807) is 0 Å². The third-order valence-electron chi connectivity index (χ3n) is 10.6. The van der Waals surface area contributed by atoms with Gasteiger partial charge in [-0.1, -0.05) is 18.2 Å². The van der Waals surface area contributed by atoms with Crippen LogP contribution in [0.3, 0.4) is 0 Å². The number of halogens is 2. The molecule has 2 unspecified atom stereocenters. The molecule has 0 radical (unpaired) electrons. The number of hydrogen-bond donors (Lipinski definition) is 1. The SMILES string of the molecule is CCOCCn1c(NC2CCN(CCC3(c4ccc(F)c(F)c4)CCN(C(=O)c4cc(OC)c(OC)c(OC)c4)C3OS(C)(=O)=O)CC2)nc2ccccc21. The van der Waals surface area contributed by atoms with Crippen LogP contribution in [-0.2, 0) is 31.0 Å². The molecule has 0 bridgehead atoms. The Morgan fingerprint density at radius 1 is 0.945 bits per heavy atom. The van der Waals surface area contributed by atoms with Crippen molar-refractivity contribution in [3.8, 4) is 17.2 Å². The number of carbonyl (C=O) groups excluding carboxylic acids is 1. The third-order valence-corrected chi connectivity index (χ3v) is 11.1. The Morgan fingerprint density at radius 2 is 1.65 bits per heavy atom. The number of rotatable bonds is 16. The van der Waals surface area contributed by atoms with Crippen LogP contribution in [0.5, 0.6) is 17.2 Å². The van der Waals surface area contributed by atoms with Gasteiger partial charge in [-0.2, -0.15) is 8.42 Å². The van der Waals surface area contributed by atoms with Crippen LogP contribution in [0.2, 0.25) is 0 Å². The van der Waals surface area contributed by atoms with Gasteiger partial charge < -0.3 is 38.6 Å². The highest BCUT2D eigenvalue weighted by Crippen LogP contribution is 2.46. The highest BCUT2D eigenvalue weighted by molar-refractivity contribution is 7.86. The molecule has 1 aromatic heterocycles. The fraction of sp³-hybridized carbons (Fsp3) is 0.487. The quantitative estimate of drug-likeness (QED) is 0.115. The lowest BCUT2D eigenvalue weighted by molar-refractivity contribution is 0.0137. The lowest BCUT2D eigenvalue weighted by Gasteiger charge is -2.40. The van der Waals surface area contributed by atoms with Gasteiger partial charge in [0, 0.05) is 49.8 Å². The van der Waals surface area contributed by atoms with E-state index in [2.05, 4.69) is 14.8 Å². The summed E-state index contributed by atoms with van der Waals surface area (Å²) < 4.78 is 84.9. The zero-order valence-electron chi connectivity index (χ0n) is 31.8. The maximum Gasteiger partial charge on any atom is 0.266 e. The fourth-order valence-corrected chi connectivity index (χ4v) is 8.41. The number of aromatic nitrogens is 2. The van der Waals surface area contributed by atoms with Gasteiger partial charge in [0.25, 0.3) is 16.0 Å². The number of methoxy groups -OCH3 is 3. The Bertz CT molecular complexity index is 2070. The molecule has 4 aromatic rings. The largest absolute Gasteiger partial charge is 0.493 e. The van der Waals surface area contributed by atoms with E-state index in [-0.39, 0.29) is 41.8 Å². The van der Waals surface area contributed by atoms with Crippen LogP contribution in [-0.4, -0.2) is 113 Å². The number of hydrogen-bond acceptors (Lipinski definition) is 11. The first-order valence-electron chi connectivity index (χ1n) is 18.4. The third kappa shape index (κ3) is 8.67. The first kappa shape index (κ1) is 40.2. The van der Waals surface area contributed by atoms with Crippen LogP contribution in [0, 0.1) is 11.6 Å². The highest BCUT2D eigenvalue weighted by atomic mass is 32.2. The van der Waals surface area contributed by atoms with Crippen molar-refractivity contribution in [3.63, 3.8) is 0 Å². The molecule has 2 aliphatic heterocycles. The summed E-state index contributed by atoms with van der Waals surface area (Å²) in [4.78, 5) is 22.8. The number of ether oxygens (including phenoxy) is 4. The Hall–Kier alpha value is -4.51. The van der Waals surface area contributed by atoms with Crippen LogP contribution in [0.4, 0.5) is 14.7 Å². The van der Waals surface area contributed by atoms with Gasteiger partial charge in [0.2, 0.25) is 11.7 Å². The van der Waals surface area contributed by atoms with E-state index in [9.17, 15) is 22.0 Å². The Morgan fingerprint density at radius 3 is 2.29 bits per heavy atom. The molecular weight excluding hydrogens is 737 g/mol. The monoisotopic (exact) mass is 785 g/mol. The van der Waals surface area contributed by atoms with Crippen molar-refractivity contribution >= 4 is 33.0 Å². The van der Waals surface area contributed by atoms with Crippen LogP contribution in [0.25, 0.3) is 11.0 Å². The van der Waals surface area contributed by atoms with Crippen molar-refractivity contribution < 1.29 is 45.1 Å². The summed E-state index contributed by atoms with van der Waals surface area (Å²) in [6.07, 6.45) is 1.67. The van der Waals surface area contributed by atoms with E-state index in [1.807, 2.05) is 31.2 Å². The molecule has 16 heteroatoms. The second-order valence-electron chi connectivity index (χ2n) is 13.9. The number of benzene rings is 3. The summed E-state index contributed by atoms with van der Waals surface area (Å²) in [7, 11) is 0.123. The Kier molecular flexibility index (Phi) is 12.5. The molecule has 1 amide bonds. The van der Waals surface area contributed by atoms with Crippen LogP contribution in [0.1, 0.15) is 48.5 Å². The van der Waals surface area contributed by atoms with E-state index >= 15 is 0 Å². The zero-order valence-corrected chi connectivity index (χ0v) is 32.7. The van der Waals surface area contributed by atoms with Crippen molar-refractivity contribution in [1.29, 1.82) is 0 Å². The molecule has 13 nitrogen and oxygen atoms in total. The maximum absolute atomic E-state index is 14.9. The molecule has 0 saturated carbocycles. The first-order chi connectivity index (χ1) is 26.4. The summed E-state index contributed by atoms with van der Waals surface area (Å²) in [5.41, 5.74) is 1.20. The van der Waals surface area contributed by atoms with Gasteiger partial charge in [-0.05, 0) is 81.1 Å². The smallest absolute Gasteiger partial charge is 0.266 e. The number of anilines is 1. The lowest BCUT2D eigenvalue weighted by atomic mass is 9.75. The average Bonchev–Trinajstić information content (AvgIpc) is 3.71. The number of fused-ring (bicyclic) bond motifs is 1. The van der Waals surface area contributed by atoms with Crippen molar-refractivity contribution in [2.45, 2.75) is 56.8 Å². The zero-order chi connectivity index (χ0) is 39.3. The van der Waals surface area contributed by atoms with E-state index in [0.717, 1.165) is 61.3 Å². The number of imidazole rings is 1. The minimum Gasteiger partial charge on any atom is -0.493 e. The number of likely N-dealkylation sites (tertiary alicyclic amines) is 2. The predicted octanol–water partition coefficient (Wildman–Crippen LogP) is 5.43. The Balaban J connectivity index is 1.24. The van der Waals surface area contributed by atoms with Crippen molar-refractivity contribution in [1.82, 2.24) is 19.4 Å². The number of nitrogens with zero attached hydrogens (tertiary/aromatic N) is 4. The van der Waals surface area contributed by atoms with Gasteiger partial charge in [0.1, 0.15) is 0 Å². The van der Waals surface area contributed by atoms with Crippen molar-refractivity contribution in [2.24, 2.45) is 0 Å². The molecule has 2 saturated heterocycles. The molecule has 0 spiro atoms. The van der Waals surface area contributed by atoms with Crippen LogP contribution < -0.4 is 19.5 Å². The first-order valence-corrected chi connectivity index (χ1v) is 20.2. The van der Waals surface area contributed by atoms with Gasteiger partial charge in [0.15, 0.2) is 29.4 Å².